The molecule has 0 saturated carbocycles. The number of carboxylic acids is 1. The van der Waals surface area contributed by atoms with Crippen molar-refractivity contribution < 1.29 is 19.7 Å². The maximum atomic E-state index is 10.5. The number of phenols is 1. The lowest BCUT2D eigenvalue weighted by atomic mass is 10.1. The number of hydrogen-bond acceptors (Lipinski definition) is 4. The van der Waals surface area contributed by atoms with Crippen LogP contribution in [-0.4, -0.2) is 29.0 Å². The molecule has 19 heavy (non-hydrogen) atoms. The van der Waals surface area contributed by atoms with Crippen LogP contribution >= 0.6 is 12.6 Å². The SMILES string of the molecule is COc1cc(C=CC(=O)O)cc(C#CCCS)c1O. The van der Waals surface area contributed by atoms with Gasteiger partial charge in [-0.2, -0.15) is 12.6 Å². The molecule has 0 saturated heterocycles. The predicted molar refractivity (Wildman–Crippen MR) is 76.7 cm³/mol. The van der Waals surface area contributed by atoms with Gasteiger partial charge in [-0.05, 0) is 23.8 Å². The largest absolute Gasteiger partial charge is 0.503 e. The highest BCUT2D eigenvalue weighted by Gasteiger charge is 2.08. The molecule has 0 aliphatic rings. The lowest BCUT2D eigenvalue weighted by molar-refractivity contribution is -0.131. The second-order valence-electron chi connectivity index (χ2n) is 3.57. The Kier molecular flexibility index (Phi) is 5.83. The molecule has 2 N–H and O–H groups in total. The summed E-state index contributed by atoms with van der Waals surface area (Å²) in [7, 11) is 1.42. The number of benzene rings is 1. The second kappa shape index (κ2) is 7.39. The Morgan fingerprint density at radius 3 is 2.84 bits per heavy atom. The molecular formula is C14H14O4S. The maximum Gasteiger partial charge on any atom is 0.328 e. The standard InChI is InChI=1S/C14H14O4S/c1-18-12-9-10(5-6-13(15)16)8-11(14(12)17)4-2-3-7-19/h5-6,8-9,17,19H,3,7H2,1H3,(H,15,16). The maximum absolute atomic E-state index is 10.5. The summed E-state index contributed by atoms with van der Waals surface area (Å²) < 4.78 is 5.03. The monoisotopic (exact) mass is 278 g/mol. The van der Waals surface area contributed by atoms with Crippen molar-refractivity contribution in [1.82, 2.24) is 0 Å². The van der Waals surface area contributed by atoms with E-state index >= 15 is 0 Å². The summed E-state index contributed by atoms with van der Waals surface area (Å²) in [6, 6.07) is 3.14. The van der Waals surface area contributed by atoms with Crippen LogP contribution in [0, 0.1) is 11.8 Å². The summed E-state index contributed by atoms with van der Waals surface area (Å²) in [6.45, 7) is 0. The van der Waals surface area contributed by atoms with Gasteiger partial charge in [0.15, 0.2) is 11.5 Å². The van der Waals surface area contributed by atoms with Crippen molar-refractivity contribution >= 4 is 24.7 Å². The fourth-order valence-electron chi connectivity index (χ4n) is 1.36. The zero-order valence-electron chi connectivity index (χ0n) is 10.4. The summed E-state index contributed by atoms with van der Waals surface area (Å²) in [4.78, 5) is 10.5. The van der Waals surface area contributed by atoms with Crippen molar-refractivity contribution in [2.75, 3.05) is 12.9 Å². The van der Waals surface area contributed by atoms with Gasteiger partial charge in [0.05, 0.1) is 12.7 Å². The fourth-order valence-corrected chi connectivity index (χ4v) is 1.47. The number of aliphatic carboxylic acids is 1. The molecule has 4 nitrogen and oxygen atoms in total. The number of phenolic OH excluding ortho intramolecular Hbond substituents is 1. The van der Waals surface area contributed by atoms with Crippen LogP contribution in [0.3, 0.4) is 0 Å². The Bertz CT molecular complexity index is 553. The van der Waals surface area contributed by atoms with Gasteiger partial charge in [-0.3, -0.25) is 0 Å². The van der Waals surface area contributed by atoms with Crippen LogP contribution in [0.5, 0.6) is 11.5 Å². The Morgan fingerprint density at radius 1 is 1.53 bits per heavy atom. The topological polar surface area (TPSA) is 66.8 Å². The van der Waals surface area contributed by atoms with E-state index in [1.165, 1.54) is 13.2 Å². The molecule has 0 aromatic heterocycles. The van der Waals surface area contributed by atoms with Crippen LogP contribution in [0.15, 0.2) is 18.2 Å². The van der Waals surface area contributed by atoms with Crippen molar-refractivity contribution in [2.45, 2.75) is 6.42 Å². The molecule has 0 heterocycles. The Labute approximate surface area is 117 Å². The first-order valence-electron chi connectivity index (χ1n) is 5.50. The predicted octanol–water partition coefficient (Wildman–Crippen LogP) is 2.17. The van der Waals surface area contributed by atoms with Crippen molar-refractivity contribution in [2.24, 2.45) is 0 Å². The number of thiol groups is 1. The molecule has 0 atom stereocenters. The molecule has 1 rings (SSSR count). The van der Waals surface area contributed by atoms with Gasteiger partial charge in [0.2, 0.25) is 0 Å². The van der Waals surface area contributed by atoms with Crippen LogP contribution < -0.4 is 4.74 Å². The number of rotatable bonds is 4. The Morgan fingerprint density at radius 2 is 2.26 bits per heavy atom. The molecular weight excluding hydrogens is 264 g/mol. The molecule has 1 aromatic carbocycles. The average molecular weight is 278 g/mol. The smallest absolute Gasteiger partial charge is 0.328 e. The molecule has 0 fully saturated rings. The van der Waals surface area contributed by atoms with Crippen molar-refractivity contribution in [3.05, 3.63) is 29.3 Å². The zero-order chi connectivity index (χ0) is 14.3. The van der Waals surface area contributed by atoms with Gasteiger partial charge in [0.1, 0.15) is 0 Å². The normalized spacial score (nSPS) is 10.0. The molecule has 100 valence electrons. The number of carboxylic acid groups (broad SMARTS) is 1. The van der Waals surface area contributed by atoms with E-state index in [0.29, 0.717) is 23.3 Å². The molecule has 5 heteroatoms. The number of hydrogen-bond donors (Lipinski definition) is 3. The number of carbonyl (C=O) groups is 1. The van der Waals surface area contributed by atoms with Gasteiger partial charge in [-0.25, -0.2) is 4.79 Å². The van der Waals surface area contributed by atoms with E-state index in [-0.39, 0.29) is 11.5 Å². The van der Waals surface area contributed by atoms with Gasteiger partial charge in [0.25, 0.3) is 0 Å². The van der Waals surface area contributed by atoms with Crippen LogP contribution in [-0.2, 0) is 4.79 Å². The van der Waals surface area contributed by atoms with E-state index in [2.05, 4.69) is 24.5 Å². The van der Waals surface area contributed by atoms with E-state index in [9.17, 15) is 9.90 Å². The minimum absolute atomic E-state index is 0.0540. The third kappa shape index (κ3) is 4.60. The van der Waals surface area contributed by atoms with Crippen LogP contribution in [0.1, 0.15) is 17.5 Å². The van der Waals surface area contributed by atoms with Crippen molar-refractivity contribution in [3.63, 3.8) is 0 Å². The molecule has 0 radical (unpaired) electrons. The second-order valence-corrected chi connectivity index (χ2v) is 4.01. The highest BCUT2D eigenvalue weighted by Crippen LogP contribution is 2.31. The van der Waals surface area contributed by atoms with E-state index in [4.69, 9.17) is 9.84 Å². The first-order chi connectivity index (χ1) is 9.08. The molecule has 0 amide bonds. The molecule has 0 aliphatic carbocycles. The van der Waals surface area contributed by atoms with Crippen LogP contribution in [0.25, 0.3) is 6.08 Å². The zero-order valence-corrected chi connectivity index (χ0v) is 11.3. The van der Waals surface area contributed by atoms with E-state index in [1.807, 2.05) is 0 Å². The number of ether oxygens (including phenoxy) is 1. The highest BCUT2D eigenvalue weighted by molar-refractivity contribution is 7.80. The summed E-state index contributed by atoms with van der Waals surface area (Å²) >= 11 is 4.04. The van der Waals surface area contributed by atoms with Gasteiger partial charge in [-0.1, -0.05) is 11.8 Å². The van der Waals surface area contributed by atoms with E-state index in [0.717, 1.165) is 6.08 Å². The van der Waals surface area contributed by atoms with Crippen LogP contribution in [0.2, 0.25) is 0 Å². The van der Waals surface area contributed by atoms with Gasteiger partial charge in [-0.15, -0.1) is 0 Å². The molecule has 0 aliphatic heterocycles. The summed E-state index contributed by atoms with van der Waals surface area (Å²) in [5, 5.41) is 18.5. The Balaban J connectivity index is 3.19. The lowest BCUT2D eigenvalue weighted by Gasteiger charge is -2.06. The van der Waals surface area contributed by atoms with Gasteiger partial charge < -0.3 is 14.9 Å². The minimum Gasteiger partial charge on any atom is -0.503 e. The fraction of sp³-hybridized carbons (Fsp3) is 0.214. The molecule has 0 spiro atoms. The third-order valence-electron chi connectivity index (χ3n) is 2.20. The minimum atomic E-state index is -1.05. The van der Waals surface area contributed by atoms with Crippen molar-refractivity contribution in [3.8, 4) is 23.3 Å². The van der Waals surface area contributed by atoms with Crippen molar-refractivity contribution in [1.29, 1.82) is 0 Å². The Hall–Kier alpha value is -2.06. The lowest BCUT2D eigenvalue weighted by Crippen LogP contribution is -1.90. The first kappa shape index (κ1) is 15.0. The van der Waals surface area contributed by atoms with Crippen LogP contribution in [0.4, 0.5) is 0 Å². The molecule has 0 unspecified atom stereocenters. The van der Waals surface area contributed by atoms with Gasteiger partial charge in [0, 0.05) is 18.2 Å². The quantitative estimate of drug-likeness (QED) is 0.448. The summed E-state index contributed by atoms with van der Waals surface area (Å²) in [5.74, 6) is 5.44. The van der Waals surface area contributed by atoms with Gasteiger partial charge >= 0.3 is 5.97 Å². The molecule has 1 aromatic rings. The first-order valence-corrected chi connectivity index (χ1v) is 6.13. The number of aromatic hydroxyl groups is 1. The average Bonchev–Trinajstić information content (AvgIpc) is 2.39. The molecule has 0 bridgehead atoms. The number of methoxy groups -OCH3 is 1. The summed E-state index contributed by atoms with van der Waals surface area (Å²) in [6.07, 6.45) is 3.02. The summed E-state index contributed by atoms with van der Waals surface area (Å²) in [5.41, 5.74) is 0.985. The van der Waals surface area contributed by atoms with E-state index in [1.54, 1.807) is 12.1 Å². The van der Waals surface area contributed by atoms with E-state index < -0.39 is 5.97 Å². The third-order valence-corrected chi connectivity index (χ3v) is 2.42. The highest BCUT2D eigenvalue weighted by atomic mass is 32.1.